The van der Waals surface area contributed by atoms with E-state index in [4.69, 9.17) is 20.1 Å². The lowest BCUT2D eigenvalue weighted by Crippen LogP contribution is -2.23. The summed E-state index contributed by atoms with van der Waals surface area (Å²) in [6.07, 6.45) is -0.933. The Morgan fingerprint density at radius 3 is 2.75 bits per heavy atom. The van der Waals surface area contributed by atoms with Crippen LogP contribution in [0.5, 0.6) is 11.5 Å². The number of methoxy groups -OCH3 is 1. The van der Waals surface area contributed by atoms with Crippen LogP contribution in [0.1, 0.15) is 0 Å². The van der Waals surface area contributed by atoms with Crippen LogP contribution < -0.4 is 10.1 Å². The van der Waals surface area contributed by atoms with Crippen LogP contribution in [-0.2, 0) is 0 Å². The molecule has 16 heavy (non-hydrogen) atoms. The molecular formula is C10H14FNO4. The van der Waals surface area contributed by atoms with Crippen LogP contribution in [-0.4, -0.2) is 41.7 Å². The lowest BCUT2D eigenvalue weighted by Gasteiger charge is -2.14. The first-order valence-corrected chi connectivity index (χ1v) is 4.67. The molecule has 0 saturated heterocycles. The van der Waals surface area contributed by atoms with E-state index in [9.17, 15) is 4.39 Å². The summed E-state index contributed by atoms with van der Waals surface area (Å²) < 4.78 is 17.9. The Hall–Kier alpha value is -1.53. The van der Waals surface area contributed by atoms with Gasteiger partial charge in [-0.15, -0.1) is 0 Å². The van der Waals surface area contributed by atoms with Gasteiger partial charge in [-0.05, 0) is 0 Å². The number of aliphatic hydroxyl groups excluding tert-OH is 2. The van der Waals surface area contributed by atoms with Crippen molar-refractivity contribution in [3.8, 4) is 11.5 Å². The molecule has 1 unspecified atom stereocenters. The highest BCUT2D eigenvalue weighted by atomic mass is 19.1. The minimum atomic E-state index is -0.933. The molecule has 0 spiro atoms. The molecule has 1 atom stereocenters. The average molecular weight is 231 g/mol. The maximum atomic E-state index is 13.0. The van der Waals surface area contributed by atoms with Gasteiger partial charge in [0.2, 0.25) is 0 Å². The largest absolute Gasteiger partial charge is 0.505 e. The lowest BCUT2D eigenvalue weighted by atomic mass is 10.2. The van der Waals surface area contributed by atoms with Crippen molar-refractivity contribution in [2.45, 2.75) is 6.10 Å². The SMILES string of the molecule is COc1cc(F)c(O)cc1NCC(O)CO. The number of phenols is 1. The molecule has 90 valence electrons. The van der Waals surface area contributed by atoms with Crippen LogP contribution in [0, 0.1) is 5.82 Å². The Morgan fingerprint density at radius 1 is 1.50 bits per heavy atom. The number of ether oxygens (including phenoxy) is 1. The van der Waals surface area contributed by atoms with Gasteiger partial charge >= 0.3 is 0 Å². The highest BCUT2D eigenvalue weighted by Crippen LogP contribution is 2.30. The Balaban J connectivity index is 2.81. The van der Waals surface area contributed by atoms with Gasteiger partial charge < -0.3 is 25.4 Å². The number of benzene rings is 1. The van der Waals surface area contributed by atoms with Gasteiger partial charge in [0.1, 0.15) is 5.75 Å². The van der Waals surface area contributed by atoms with E-state index in [2.05, 4.69) is 5.32 Å². The third-order valence-corrected chi connectivity index (χ3v) is 2.01. The molecular weight excluding hydrogens is 217 g/mol. The summed E-state index contributed by atoms with van der Waals surface area (Å²) >= 11 is 0. The molecule has 6 heteroatoms. The second-order valence-electron chi connectivity index (χ2n) is 3.22. The number of hydrogen-bond acceptors (Lipinski definition) is 5. The average Bonchev–Trinajstić information content (AvgIpc) is 2.29. The van der Waals surface area contributed by atoms with Crippen LogP contribution in [0.3, 0.4) is 0 Å². The minimum Gasteiger partial charge on any atom is -0.505 e. The molecule has 0 fully saturated rings. The van der Waals surface area contributed by atoms with Gasteiger partial charge in [0.15, 0.2) is 11.6 Å². The van der Waals surface area contributed by atoms with Crippen molar-refractivity contribution in [2.24, 2.45) is 0 Å². The van der Waals surface area contributed by atoms with Crippen LogP contribution in [0.25, 0.3) is 0 Å². The molecule has 0 saturated carbocycles. The zero-order valence-corrected chi connectivity index (χ0v) is 8.77. The highest BCUT2D eigenvalue weighted by molar-refractivity contribution is 5.60. The number of nitrogens with one attached hydrogen (secondary N) is 1. The maximum Gasteiger partial charge on any atom is 0.168 e. The van der Waals surface area contributed by atoms with E-state index < -0.39 is 17.7 Å². The Labute approximate surface area is 92.1 Å². The minimum absolute atomic E-state index is 0.0674. The van der Waals surface area contributed by atoms with Crippen molar-refractivity contribution < 1.29 is 24.4 Å². The van der Waals surface area contributed by atoms with Gasteiger partial charge in [-0.2, -0.15) is 0 Å². The van der Waals surface area contributed by atoms with E-state index in [0.717, 1.165) is 12.1 Å². The van der Waals surface area contributed by atoms with Crippen LogP contribution in [0.4, 0.5) is 10.1 Å². The van der Waals surface area contributed by atoms with Gasteiger partial charge in [-0.1, -0.05) is 0 Å². The molecule has 0 heterocycles. The fourth-order valence-corrected chi connectivity index (χ4v) is 1.14. The summed E-state index contributed by atoms with van der Waals surface area (Å²) in [7, 11) is 1.36. The second-order valence-corrected chi connectivity index (χ2v) is 3.22. The first-order valence-electron chi connectivity index (χ1n) is 4.67. The Bertz CT molecular complexity index is 359. The van der Waals surface area contributed by atoms with Gasteiger partial charge in [-0.25, -0.2) is 4.39 Å². The van der Waals surface area contributed by atoms with Crippen molar-refractivity contribution in [1.29, 1.82) is 0 Å². The number of aromatic hydroxyl groups is 1. The molecule has 0 aromatic heterocycles. The molecule has 1 rings (SSSR count). The number of hydrogen-bond donors (Lipinski definition) is 4. The highest BCUT2D eigenvalue weighted by Gasteiger charge is 2.10. The third kappa shape index (κ3) is 2.98. The summed E-state index contributed by atoms with van der Waals surface area (Å²) in [6, 6.07) is 2.18. The van der Waals surface area contributed by atoms with E-state index in [1.807, 2.05) is 0 Å². The summed E-state index contributed by atoms with van der Waals surface area (Å²) in [5.74, 6) is -1.09. The summed E-state index contributed by atoms with van der Waals surface area (Å²) in [5, 5.41) is 29.6. The molecule has 0 amide bonds. The standard InChI is InChI=1S/C10H14FNO4/c1-16-10-2-7(11)9(15)3-8(10)12-4-6(14)5-13/h2-3,6,12-15H,4-5H2,1H3. The van der Waals surface area contributed by atoms with E-state index in [1.165, 1.54) is 7.11 Å². The Morgan fingerprint density at radius 2 is 2.19 bits per heavy atom. The zero-order chi connectivity index (χ0) is 12.1. The number of anilines is 1. The molecule has 1 aromatic rings. The van der Waals surface area contributed by atoms with E-state index in [0.29, 0.717) is 5.69 Å². The lowest BCUT2D eigenvalue weighted by molar-refractivity contribution is 0.105. The van der Waals surface area contributed by atoms with Crippen molar-refractivity contribution >= 4 is 5.69 Å². The van der Waals surface area contributed by atoms with Crippen LogP contribution >= 0.6 is 0 Å². The smallest absolute Gasteiger partial charge is 0.168 e. The number of halogens is 1. The fraction of sp³-hybridized carbons (Fsp3) is 0.400. The second kappa shape index (κ2) is 5.53. The quantitative estimate of drug-likeness (QED) is 0.586. The first kappa shape index (κ1) is 12.5. The summed E-state index contributed by atoms with van der Waals surface area (Å²) in [4.78, 5) is 0. The molecule has 0 radical (unpaired) electrons. The van der Waals surface area contributed by atoms with Gasteiger partial charge in [0, 0.05) is 18.7 Å². The normalized spacial score (nSPS) is 12.2. The maximum absolute atomic E-state index is 13.0. The Kier molecular flexibility index (Phi) is 4.33. The van der Waals surface area contributed by atoms with Gasteiger partial charge in [0.25, 0.3) is 0 Å². The van der Waals surface area contributed by atoms with Crippen molar-refractivity contribution in [3.05, 3.63) is 17.9 Å². The van der Waals surface area contributed by atoms with E-state index in [-0.39, 0.29) is 18.9 Å². The number of rotatable bonds is 5. The molecule has 0 bridgehead atoms. The predicted octanol–water partition coefficient (Wildman–Crippen LogP) is 0.305. The van der Waals surface area contributed by atoms with Crippen LogP contribution in [0.15, 0.2) is 12.1 Å². The van der Waals surface area contributed by atoms with Crippen molar-refractivity contribution in [3.63, 3.8) is 0 Å². The predicted molar refractivity (Wildman–Crippen MR) is 56.2 cm³/mol. The molecule has 0 aliphatic rings. The molecule has 5 nitrogen and oxygen atoms in total. The third-order valence-electron chi connectivity index (χ3n) is 2.01. The van der Waals surface area contributed by atoms with Crippen LogP contribution in [0.2, 0.25) is 0 Å². The summed E-state index contributed by atoms with van der Waals surface area (Å²) in [6.45, 7) is -0.319. The first-order chi connectivity index (χ1) is 7.58. The van der Waals surface area contributed by atoms with E-state index in [1.54, 1.807) is 0 Å². The zero-order valence-electron chi connectivity index (χ0n) is 8.77. The molecule has 0 aliphatic carbocycles. The fourth-order valence-electron chi connectivity index (χ4n) is 1.14. The van der Waals surface area contributed by atoms with Gasteiger partial charge in [0.05, 0.1) is 25.5 Å². The summed E-state index contributed by atoms with van der Waals surface area (Å²) in [5.41, 5.74) is 0.342. The topological polar surface area (TPSA) is 82.0 Å². The monoisotopic (exact) mass is 231 g/mol. The molecule has 0 aliphatic heterocycles. The number of phenolic OH excluding ortho intramolecular Hbond substituents is 1. The van der Waals surface area contributed by atoms with Crippen molar-refractivity contribution in [1.82, 2.24) is 0 Å². The van der Waals surface area contributed by atoms with Crippen molar-refractivity contribution in [2.75, 3.05) is 25.6 Å². The molecule has 1 aromatic carbocycles. The number of aliphatic hydroxyl groups is 2. The molecule has 4 N–H and O–H groups in total. The van der Waals surface area contributed by atoms with Gasteiger partial charge in [-0.3, -0.25) is 0 Å². The van der Waals surface area contributed by atoms with E-state index >= 15 is 0 Å².